The first-order valence-corrected chi connectivity index (χ1v) is 9.85. The molecule has 1 aromatic carbocycles. The lowest BCUT2D eigenvalue weighted by Gasteiger charge is -2.23. The van der Waals surface area contributed by atoms with Gasteiger partial charge in [-0.2, -0.15) is 0 Å². The van der Waals surface area contributed by atoms with E-state index in [-0.39, 0.29) is 5.91 Å². The fraction of sp³-hybridized carbons (Fsp3) is 0.524. The number of carbonyl (C=O) groups is 1. The van der Waals surface area contributed by atoms with Crippen LogP contribution in [0.4, 0.5) is 0 Å². The minimum Gasteiger partial charge on any atom is -0.480 e. The molecule has 0 spiro atoms. The molecular formula is C21H29N2O5+. The molecule has 1 atom stereocenters. The molecule has 1 amide bonds. The van der Waals surface area contributed by atoms with Crippen molar-refractivity contribution in [3.05, 3.63) is 39.7 Å². The Hall–Kier alpha value is -2.38. The van der Waals surface area contributed by atoms with Gasteiger partial charge in [0.1, 0.15) is 24.4 Å². The molecule has 0 saturated carbocycles. The smallest absolute Gasteiger partial charge is 0.336 e. The van der Waals surface area contributed by atoms with Gasteiger partial charge in [-0.15, -0.1) is 0 Å². The number of hydrogen-bond donors (Lipinski definition) is 2. The molecule has 1 fully saturated rings. The van der Waals surface area contributed by atoms with E-state index in [4.69, 9.17) is 13.9 Å². The molecule has 1 aromatic heterocycles. The third-order valence-corrected chi connectivity index (χ3v) is 5.03. The summed E-state index contributed by atoms with van der Waals surface area (Å²) in [4.78, 5) is 25.6. The predicted molar refractivity (Wildman–Crippen MR) is 106 cm³/mol. The summed E-state index contributed by atoms with van der Waals surface area (Å²) in [6, 6.07) is 5.10. The fourth-order valence-corrected chi connectivity index (χ4v) is 3.52. The molecule has 1 aliphatic heterocycles. The fourth-order valence-electron chi connectivity index (χ4n) is 3.52. The molecule has 1 aliphatic rings. The Morgan fingerprint density at radius 2 is 2.00 bits per heavy atom. The number of morpholine rings is 1. The number of nitrogens with one attached hydrogen (secondary N) is 2. The molecule has 7 nitrogen and oxygen atoms in total. The second kappa shape index (κ2) is 9.21. The number of aryl methyl sites for hydroxylation is 2. The number of amides is 1. The Kier molecular flexibility index (Phi) is 6.70. The zero-order valence-electron chi connectivity index (χ0n) is 16.8. The maximum absolute atomic E-state index is 12.4. The maximum Gasteiger partial charge on any atom is 0.336 e. The van der Waals surface area contributed by atoms with Crippen molar-refractivity contribution in [2.24, 2.45) is 0 Å². The Balaban J connectivity index is 1.58. The molecule has 3 rings (SSSR count). The third-order valence-electron chi connectivity index (χ3n) is 5.03. The zero-order chi connectivity index (χ0) is 20.1. The molecule has 0 aliphatic carbocycles. The highest BCUT2D eigenvalue weighted by molar-refractivity contribution is 5.88. The highest BCUT2D eigenvalue weighted by Gasteiger charge is 2.18. The van der Waals surface area contributed by atoms with Crippen LogP contribution in [-0.2, 0) is 9.53 Å². The van der Waals surface area contributed by atoms with Gasteiger partial charge in [0, 0.05) is 19.0 Å². The zero-order valence-corrected chi connectivity index (χ0v) is 16.8. The Labute approximate surface area is 164 Å². The van der Waals surface area contributed by atoms with Crippen LogP contribution in [-0.4, -0.2) is 51.4 Å². The van der Waals surface area contributed by atoms with E-state index in [1.54, 1.807) is 13.0 Å². The first-order chi connectivity index (χ1) is 13.4. The van der Waals surface area contributed by atoms with Crippen molar-refractivity contribution < 1.29 is 23.6 Å². The lowest BCUT2D eigenvalue weighted by molar-refractivity contribution is -0.908. The normalized spacial score (nSPS) is 16.1. The number of benzene rings is 1. The number of hydrogen-bond acceptors (Lipinski definition) is 5. The number of ether oxygens (including phenoxy) is 2. The molecule has 0 radical (unpaired) electrons. The van der Waals surface area contributed by atoms with Crippen molar-refractivity contribution in [3.8, 4) is 5.75 Å². The lowest BCUT2D eigenvalue weighted by atomic mass is 10.1. The molecule has 1 saturated heterocycles. The highest BCUT2D eigenvalue weighted by atomic mass is 16.5. The molecule has 2 aromatic rings. The van der Waals surface area contributed by atoms with E-state index in [1.165, 1.54) is 11.0 Å². The lowest BCUT2D eigenvalue weighted by Crippen LogP contribution is -3.14. The Morgan fingerprint density at radius 3 is 2.75 bits per heavy atom. The van der Waals surface area contributed by atoms with E-state index < -0.39 is 11.7 Å². The molecule has 7 heteroatoms. The summed E-state index contributed by atoms with van der Waals surface area (Å²) in [5.41, 5.74) is 1.75. The minimum absolute atomic E-state index is 0.151. The third kappa shape index (κ3) is 5.11. The van der Waals surface area contributed by atoms with Gasteiger partial charge in [0.25, 0.3) is 5.91 Å². The topological polar surface area (TPSA) is 82.2 Å². The van der Waals surface area contributed by atoms with Gasteiger partial charge in [-0.3, -0.25) is 4.79 Å². The van der Waals surface area contributed by atoms with Gasteiger partial charge in [-0.05, 0) is 44.0 Å². The first kappa shape index (κ1) is 20.4. The van der Waals surface area contributed by atoms with Gasteiger partial charge >= 0.3 is 5.63 Å². The predicted octanol–water partition coefficient (Wildman–Crippen LogP) is 0.599. The van der Waals surface area contributed by atoms with Crippen molar-refractivity contribution >= 4 is 16.9 Å². The van der Waals surface area contributed by atoms with E-state index in [2.05, 4.69) is 5.32 Å². The van der Waals surface area contributed by atoms with Crippen molar-refractivity contribution in [2.75, 3.05) is 39.4 Å². The Bertz CT molecular complexity index is 886. The monoisotopic (exact) mass is 389 g/mol. The maximum atomic E-state index is 12.4. The van der Waals surface area contributed by atoms with Crippen LogP contribution < -0.4 is 20.6 Å². The number of carbonyl (C=O) groups excluding carboxylic acids is 1. The van der Waals surface area contributed by atoms with E-state index in [9.17, 15) is 9.59 Å². The number of fused-ring (bicyclic) bond motifs is 1. The standard InChI is InChI=1S/C21H28N2O5/c1-14-11-17(20-15(2)13-19(24)28-18(20)12-14)27-16(3)21(25)22-5-4-6-23-7-9-26-10-8-23/h11-13,16H,4-10H2,1-3H3,(H,22,25)/p+1/t16-/m0/s1. The van der Waals surface area contributed by atoms with Crippen LogP contribution >= 0.6 is 0 Å². The summed E-state index contributed by atoms with van der Waals surface area (Å²) in [5.74, 6) is 0.401. The van der Waals surface area contributed by atoms with Gasteiger partial charge in [-0.25, -0.2) is 4.79 Å². The second-order valence-electron chi connectivity index (χ2n) is 7.40. The molecule has 0 unspecified atom stereocenters. The molecule has 28 heavy (non-hydrogen) atoms. The summed E-state index contributed by atoms with van der Waals surface area (Å²) in [5, 5.41) is 3.67. The van der Waals surface area contributed by atoms with Crippen molar-refractivity contribution in [2.45, 2.75) is 33.3 Å². The van der Waals surface area contributed by atoms with Crippen molar-refractivity contribution in [3.63, 3.8) is 0 Å². The summed E-state index contributed by atoms with van der Waals surface area (Å²) in [6.07, 6.45) is 0.276. The summed E-state index contributed by atoms with van der Waals surface area (Å²) in [7, 11) is 0. The molecule has 152 valence electrons. The highest BCUT2D eigenvalue weighted by Crippen LogP contribution is 2.30. The van der Waals surface area contributed by atoms with Crippen LogP contribution in [0.2, 0.25) is 0 Å². The molecule has 2 N–H and O–H groups in total. The minimum atomic E-state index is -0.646. The SMILES string of the molecule is Cc1cc(O[C@@H](C)C(=O)NCCC[NH+]2CCOCC2)c2c(C)cc(=O)oc2c1. The molecular weight excluding hydrogens is 360 g/mol. The van der Waals surface area contributed by atoms with Crippen LogP contribution in [0.25, 0.3) is 11.0 Å². The van der Waals surface area contributed by atoms with Crippen LogP contribution in [0.5, 0.6) is 5.75 Å². The largest absolute Gasteiger partial charge is 0.480 e. The van der Waals surface area contributed by atoms with E-state index in [0.717, 1.165) is 55.8 Å². The van der Waals surface area contributed by atoms with Crippen LogP contribution in [0.15, 0.2) is 27.4 Å². The quantitative estimate of drug-likeness (QED) is 0.535. The van der Waals surface area contributed by atoms with Gasteiger partial charge < -0.3 is 24.1 Å². The number of rotatable bonds is 7. The van der Waals surface area contributed by atoms with Crippen LogP contribution in [0.1, 0.15) is 24.5 Å². The van der Waals surface area contributed by atoms with E-state index in [0.29, 0.717) is 17.9 Å². The summed E-state index contributed by atoms with van der Waals surface area (Å²) < 4.78 is 16.6. The van der Waals surface area contributed by atoms with Gasteiger partial charge in [0.15, 0.2) is 6.10 Å². The number of quaternary nitrogens is 1. The average Bonchev–Trinajstić information content (AvgIpc) is 2.64. The van der Waals surface area contributed by atoms with E-state index >= 15 is 0 Å². The van der Waals surface area contributed by atoms with Crippen molar-refractivity contribution in [1.82, 2.24) is 5.32 Å². The first-order valence-electron chi connectivity index (χ1n) is 9.85. The Morgan fingerprint density at radius 1 is 1.25 bits per heavy atom. The van der Waals surface area contributed by atoms with Crippen LogP contribution in [0.3, 0.4) is 0 Å². The van der Waals surface area contributed by atoms with Crippen molar-refractivity contribution in [1.29, 1.82) is 0 Å². The molecule has 2 heterocycles. The van der Waals surface area contributed by atoms with E-state index in [1.807, 2.05) is 19.9 Å². The van der Waals surface area contributed by atoms with Crippen LogP contribution in [0, 0.1) is 13.8 Å². The second-order valence-corrected chi connectivity index (χ2v) is 7.40. The molecule has 0 bridgehead atoms. The van der Waals surface area contributed by atoms with Gasteiger partial charge in [-0.1, -0.05) is 0 Å². The van der Waals surface area contributed by atoms with Gasteiger partial charge in [0.2, 0.25) is 0 Å². The summed E-state index contributed by atoms with van der Waals surface area (Å²) >= 11 is 0. The summed E-state index contributed by atoms with van der Waals surface area (Å²) in [6.45, 7) is 10.8. The van der Waals surface area contributed by atoms with Gasteiger partial charge in [0.05, 0.1) is 25.1 Å². The average molecular weight is 389 g/mol.